The second kappa shape index (κ2) is 6.41. The molecule has 1 amide bonds. The van der Waals surface area contributed by atoms with Gasteiger partial charge in [0.15, 0.2) is 0 Å². The van der Waals surface area contributed by atoms with Crippen LogP contribution in [0.2, 0.25) is 0 Å². The van der Waals surface area contributed by atoms with E-state index in [-0.39, 0.29) is 18.0 Å². The van der Waals surface area contributed by atoms with E-state index < -0.39 is 11.2 Å². The van der Waals surface area contributed by atoms with Crippen molar-refractivity contribution in [3.63, 3.8) is 0 Å². The van der Waals surface area contributed by atoms with Crippen molar-refractivity contribution in [1.29, 1.82) is 5.26 Å². The summed E-state index contributed by atoms with van der Waals surface area (Å²) < 4.78 is 1.23. The Morgan fingerprint density at radius 3 is 2.87 bits per heavy atom. The maximum absolute atomic E-state index is 12.0. The number of carbonyl (C=O) groups is 1. The second-order valence-electron chi connectivity index (χ2n) is 6.60. The molecule has 1 aromatic rings. The van der Waals surface area contributed by atoms with Gasteiger partial charge in [-0.1, -0.05) is 6.42 Å². The number of aromatic nitrogens is 2. The summed E-state index contributed by atoms with van der Waals surface area (Å²) in [7, 11) is 0. The van der Waals surface area contributed by atoms with Gasteiger partial charge in [-0.3, -0.25) is 19.1 Å². The van der Waals surface area contributed by atoms with Crippen LogP contribution in [0.15, 0.2) is 15.8 Å². The van der Waals surface area contributed by atoms with Crippen LogP contribution in [0.5, 0.6) is 0 Å². The van der Waals surface area contributed by atoms with Crippen LogP contribution in [-0.4, -0.2) is 22.0 Å². The average Bonchev–Trinajstić information content (AvgIpc) is 3.12. The Morgan fingerprint density at radius 1 is 1.39 bits per heavy atom. The molecule has 3 unspecified atom stereocenters. The standard InChI is InChI=1S/C16H20N4O3/c17-8-13-9-20(16(23)19-15(13)22)4-3-18-14(21)7-12-6-10-1-2-11(12)5-10/h9-12H,1-7H2,(H,18,21)(H,19,22,23). The fourth-order valence-corrected chi connectivity index (χ4v) is 4.01. The first-order chi connectivity index (χ1) is 11.1. The number of nitrogens with one attached hydrogen (secondary N) is 2. The molecule has 7 nitrogen and oxygen atoms in total. The van der Waals surface area contributed by atoms with Crippen LogP contribution >= 0.6 is 0 Å². The van der Waals surface area contributed by atoms with Gasteiger partial charge in [0.05, 0.1) is 0 Å². The number of nitrogens with zero attached hydrogens (tertiary/aromatic N) is 2. The van der Waals surface area contributed by atoms with E-state index in [9.17, 15) is 14.4 Å². The maximum atomic E-state index is 12.0. The third kappa shape index (κ3) is 3.36. The average molecular weight is 316 g/mol. The molecule has 0 aromatic carbocycles. The maximum Gasteiger partial charge on any atom is 0.328 e. The van der Waals surface area contributed by atoms with Crippen LogP contribution in [0, 0.1) is 29.1 Å². The summed E-state index contributed by atoms with van der Waals surface area (Å²) in [5.74, 6) is 2.06. The number of H-pyrrole nitrogens is 1. The lowest BCUT2D eigenvalue weighted by atomic mass is 9.86. The molecule has 2 saturated carbocycles. The molecule has 1 heterocycles. The molecule has 2 bridgehead atoms. The third-order valence-corrected chi connectivity index (χ3v) is 5.14. The minimum atomic E-state index is -0.686. The highest BCUT2D eigenvalue weighted by Gasteiger charge is 2.39. The molecule has 2 fully saturated rings. The molecule has 2 aliphatic carbocycles. The highest BCUT2D eigenvalue weighted by molar-refractivity contribution is 5.76. The topological polar surface area (TPSA) is 108 Å². The van der Waals surface area contributed by atoms with Crippen molar-refractivity contribution in [3.8, 4) is 6.07 Å². The Balaban J connectivity index is 1.50. The summed E-state index contributed by atoms with van der Waals surface area (Å²) in [5.41, 5.74) is -1.37. The van der Waals surface area contributed by atoms with Gasteiger partial charge in [-0.05, 0) is 37.0 Å². The van der Waals surface area contributed by atoms with Crippen molar-refractivity contribution >= 4 is 5.91 Å². The Kier molecular flexibility index (Phi) is 4.33. The molecule has 2 aliphatic rings. The largest absolute Gasteiger partial charge is 0.354 e. The molecule has 3 rings (SSSR count). The molecule has 0 spiro atoms. The predicted molar refractivity (Wildman–Crippen MR) is 82.6 cm³/mol. The van der Waals surface area contributed by atoms with Gasteiger partial charge in [-0.2, -0.15) is 5.26 Å². The summed E-state index contributed by atoms with van der Waals surface area (Å²) in [5, 5.41) is 11.6. The van der Waals surface area contributed by atoms with Crippen LogP contribution < -0.4 is 16.6 Å². The Morgan fingerprint density at radius 2 is 2.22 bits per heavy atom. The minimum Gasteiger partial charge on any atom is -0.354 e. The van der Waals surface area contributed by atoms with Gasteiger partial charge in [0.1, 0.15) is 11.6 Å². The van der Waals surface area contributed by atoms with E-state index in [0.717, 1.165) is 5.92 Å². The Hall–Kier alpha value is -2.36. The lowest BCUT2D eigenvalue weighted by molar-refractivity contribution is -0.122. The molecule has 2 N–H and O–H groups in total. The summed E-state index contributed by atoms with van der Waals surface area (Å²) in [6.45, 7) is 0.531. The predicted octanol–water partition coefficient (Wildman–Crippen LogP) is 0.351. The first-order valence-electron chi connectivity index (χ1n) is 8.07. The van der Waals surface area contributed by atoms with E-state index in [1.807, 2.05) is 0 Å². The molecule has 1 aromatic heterocycles. The smallest absolute Gasteiger partial charge is 0.328 e. The van der Waals surface area contributed by atoms with Gasteiger partial charge in [0.2, 0.25) is 5.91 Å². The molecule has 3 atom stereocenters. The molecular formula is C16H20N4O3. The lowest BCUT2D eigenvalue weighted by Crippen LogP contribution is -2.35. The van der Waals surface area contributed by atoms with Gasteiger partial charge in [0, 0.05) is 25.7 Å². The molecule has 0 radical (unpaired) electrons. The van der Waals surface area contributed by atoms with Gasteiger partial charge in [-0.25, -0.2) is 4.79 Å². The lowest BCUT2D eigenvalue weighted by Gasteiger charge is -2.20. The van der Waals surface area contributed by atoms with Crippen LogP contribution in [0.4, 0.5) is 0 Å². The van der Waals surface area contributed by atoms with Crippen LogP contribution in [0.1, 0.15) is 37.7 Å². The zero-order valence-electron chi connectivity index (χ0n) is 12.9. The highest BCUT2D eigenvalue weighted by Crippen LogP contribution is 2.49. The molecule has 7 heteroatoms. The van der Waals surface area contributed by atoms with E-state index in [4.69, 9.17) is 5.26 Å². The Labute approximate surface area is 133 Å². The van der Waals surface area contributed by atoms with Crippen LogP contribution in [0.25, 0.3) is 0 Å². The SMILES string of the molecule is N#Cc1cn(CCNC(=O)CC2CC3CCC2C3)c(=O)[nH]c1=O. The number of aromatic amines is 1. The van der Waals surface area contributed by atoms with Crippen LogP contribution in [-0.2, 0) is 11.3 Å². The molecular weight excluding hydrogens is 296 g/mol. The highest BCUT2D eigenvalue weighted by atomic mass is 16.2. The Bertz CT molecular complexity index is 758. The zero-order valence-corrected chi connectivity index (χ0v) is 12.9. The summed E-state index contributed by atoms with van der Waals surface area (Å²) in [6, 6.07) is 1.73. The first-order valence-corrected chi connectivity index (χ1v) is 8.07. The number of rotatable bonds is 5. The van der Waals surface area contributed by atoms with E-state index in [2.05, 4.69) is 10.3 Å². The summed E-state index contributed by atoms with van der Waals surface area (Å²) in [4.78, 5) is 37.0. The number of hydrogen-bond donors (Lipinski definition) is 2. The first kappa shape index (κ1) is 15.5. The quantitative estimate of drug-likeness (QED) is 0.817. The third-order valence-electron chi connectivity index (χ3n) is 5.14. The molecule has 23 heavy (non-hydrogen) atoms. The number of hydrogen-bond acceptors (Lipinski definition) is 4. The number of nitriles is 1. The van der Waals surface area contributed by atoms with Gasteiger partial charge < -0.3 is 5.32 Å². The fourth-order valence-electron chi connectivity index (χ4n) is 4.01. The van der Waals surface area contributed by atoms with Crippen molar-refractivity contribution in [1.82, 2.24) is 14.9 Å². The minimum absolute atomic E-state index is 0.0144. The van der Waals surface area contributed by atoms with Crippen molar-refractivity contribution < 1.29 is 4.79 Å². The number of carbonyl (C=O) groups excluding carboxylic acids is 1. The van der Waals surface area contributed by atoms with Crippen LogP contribution in [0.3, 0.4) is 0 Å². The molecule has 122 valence electrons. The summed E-state index contributed by atoms with van der Waals surface area (Å²) >= 11 is 0. The number of amides is 1. The van der Waals surface area contributed by atoms with E-state index in [0.29, 0.717) is 24.8 Å². The van der Waals surface area contributed by atoms with E-state index in [1.165, 1.54) is 36.4 Å². The fraction of sp³-hybridized carbons (Fsp3) is 0.625. The van der Waals surface area contributed by atoms with E-state index in [1.54, 1.807) is 6.07 Å². The molecule has 0 saturated heterocycles. The summed E-state index contributed by atoms with van der Waals surface area (Å²) in [6.07, 6.45) is 6.81. The second-order valence-corrected chi connectivity index (χ2v) is 6.60. The normalized spacial score (nSPS) is 25.3. The van der Waals surface area contributed by atoms with Crippen molar-refractivity contribution in [2.45, 2.75) is 38.6 Å². The van der Waals surface area contributed by atoms with Crippen molar-refractivity contribution in [2.75, 3.05) is 6.54 Å². The number of fused-ring (bicyclic) bond motifs is 2. The van der Waals surface area contributed by atoms with Gasteiger partial charge in [-0.15, -0.1) is 0 Å². The van der Waals surface area contributed by atoms with E-state index >= 15 is 0 Å². The van der Waals surface area contributed by atoms with Crippen molar-refractivity contribution in [3.05, 3.63) is 32.6 Å². The van der Waals surface area contributed by atoms with Gasteiger partial charge >= 0.3 is 5.69 Å². The molecule has 0 aliphatic heterocycles. The monoisotopic (exact) mass is 316 g/mol. The van der Waals surface area contributed by atoms with Crippen molar-refractivity contribution in [2.24, 2.45) is 17.8 Å². The van der Waals surface area contributed by atoms with Gasteiger partial charge in [0.25, 0.3) is 5.56 Å². The zero-order chi connectivity index (χ0) is 16.4.